The minimum atomic E-state index is -0.510. The lowest BCUT2D eigenvalue weighted by atomic mass is 9.76. The predicted octanol–water partition coefficient (Wildman–Crippen LogP) is 2.91. The molecule has 0 bridgehead atoms. The third-order valence-electron chi connectivity index (χ3n) is 4.10. The third kappa shape index (κ3) is 2.96. The van der Waals surface area contributed by atoms with E-state index in [-0.39, 0.29) is 5.91 Å². The normalized spacial score (nSPS) is 16.2. The van der Waals surface area contributed by atoms with Crippen LogP contribution in [0.25, 0.3) is 0 Å². The van der Waals surface area contributed by atoms with Gasteiger partial charge >= 0.3 is 0 Å². The monoisotopic (exact) mass is 256 g/mol. The smallest absolute Gasteiger partial charge is 0.223 e. The second kappa shape index (κ2) is 5.88. The molecule has 1 fully saturated rings. The number of carbonyl (C=O) groups is 1. The van der Waals surface area contributed by atoms with E-state index < -0.39 is 5.54 Å². The Kier molecular flexibility index (Phi) is 4.21. The van der Waals surface area contributed by atoms with E-state index in [2.05, 4.69) is 18.2 Å². The standard InChI is InChI=1S/C16H20N2O/c1-18(16(13-17)11-6-12-16)15(19)10-5-9-14-7-3-2-4-8-14/h2-4,7-8H,5-6,9-12H2,1H3. The lowest BCUT2D eigenvalue weighted by molar-refractivity contribution is -0.136. The van der Waals surface area contributed by atoms with E-state index in [0.717, 1.165) is 32.1 Å². The Morgan fingerprint density at radius 3 is 2.58 bits per heavy atom. The summed E-state index contributed by atoms with van der Waals surface area (Å²) in [4.78, 5) is 13.8. The first-order valence-electron chi connectivity index (χ1n) is 6.90. The zero-order valence-corrected chi connectivity index (χ0v) is 11.4. The van der Waals surface area contributed by atoms with Crippen molar-refractivity contribution in [3.05, 3.63) is 35.9 Å². The number of benzene rings is 1. The molecule has 0 aromatic heterocycles. The van der Waals surface area contributed by atoms with Crippen molar-refractivity contribution in [1.82, 2.24) is 4.90 Å². The number of amides is 1. The van der Waals surface area contributed by atoms with Crippen molar-refractivity contribution in [2.75, 3.05) is 7.05 Å². The molecule has 1 aromatic rings. The number of nitrogens with zero attached hydrogens (tertiary/aromatic N) is 2. The van der Waals surface area contributed by atoms with Crippen LogP contribution in [0.3, 0.4) is 0 Å². The molecule has 0 unspecified atom stereocenters. The van der Waals surface area contributed by atoms with Gasteiger partial charge in [-0.2, -0.15) is 5.26 Å². The summed E-state index contributed by atoms with van der Waals surface area (Å²) in [5, 5.41) is 9.22. The van der Waals surface area contributed by atoms with Gasteiger partial charge in [0, 0.05) is 13.5 Å². The highest BCUT2D eigenvalue weighted by atomic mass is 16.2. The first-order chi connectivity index (χ1) is 9.18. The topological polar surface area (TPSA) is 44.1 Å². The summed E-state index contributed by atoms with van der Waals surface area (Å²) in [7, 11) is 1.77. The number of carbonyl (C=O) groups excluding carboxylic acids is 1. The Labute approximate surface area is 114 Å². The van der Waals surface area contributed by atoms with Crippen LogP contribution < -0.4 is 0 Å². The van der Waals surface area contributed by atoms with Gasteiger partial charge in [0.1, 0.15) is 5.54 Å². The fraction of sp³-hybridized carbons (Fsp3) is 0.500. The summed E-state index contributed by atoms with van der Waals surface area (Å²) in [6, 6.07) is 12.5. The van der Waals surface area contributed by atoms with Gasteiger partial charge in [-0.05, 0) is 37.7 Å². The van der Waals surface area contributed by atoms with Crippen LogP contribution in [0.5, 0.6) is 0 Å². The van der Waals surface area contributed by atoms with Gasteiger partial charge in [-0.3, -0.25) is 4.79 Å². The Balaban J connectivity index is 1.80. The minimum absolute atomic E-state index is 0.0946. The number of hydrogen-bond acceptors (Lipinski definition) is 2. The first-order valence-corrected chi connectivity index (χ1v) is 6.90. The lowest BCUT2D eigenvalue weighted by Crippen LogP contribution is -2.53. The van der Waals surface area contributed by atoms with E-state index in [9.17, 15) is 10.1 Å². The molecule has 3 nitrogen and oxygen atoms in total. The first kappa shape index (κ1) is 13.6. The van der Waals surface area contributed by atoms with Crippen molar-refractivity contribution in [3.63, 3.8) is 0 Å². The Hall–Kier alpha value is -1.82. The molecule has 0 N–H and O–H groups in total. The Bertz CT molecular complexity index is 471. The molecule has 0 spiro atoms. The molecule has 1 amide bonds. The minimum Gasteiger partial charge on any atom is -0.327 e. The summed E-state index contributed by atoms with van der Waals surface area (Å²) >= 11 is 0. The van der Waals surface area contributed by atoms with Crippen molar-refractivity contribution in [2.45, 2.75) is 44.1 Å². The van der Waals surface area contributed by atoms with Crippen LogP contribution in [0.2, 0.25) is 0 Å². The molecule has 1 saturated carbocycles. The average Bonchev–Trinajstić information content (AvgIpc) is 2.39. The fourth-order valence-corrected chi connectivity index (χ4v) is 2.53. The van der Waals surface area contributed by atoms with E-state index >= 15 is 0 Å². The molecule has 1 aromatic carbocycles. The van der Waals surface area contributed by atoms with Crippen LogP contribution >= 0.6 is 0 Å². The van der Waals surface area contributed by atoms with Crippen molar-refractivity contribution < 1.29 is 4.79 Å². The molecule has 2 rings (SSSR count). The zero-order valence-electron chi connectivity index (χ0n) is 11.4. The summed E-state index contributed by atoms with van der Waals surface area (Å²) in [6.45, 7) is 0. The van der Waals surface area contributed by atoms with Crippen molar-refractivity contribution in [1.29, 1.82) is 5.26 Å². The summed E-state index contributed by atoms with van der Waals surface area (Å²) < 4.78 is 0. The van der Waals surface area contributed by atoms with Crippen LogP contribution in [0.15, 0.2) is 30.3 Å². The van der Waals surface area contributed by atoms with E-state index in [1.807, 2.05) is 18.2 Å². The van der Waals surface area contributed by atoms with Gasteiger partial charge in [0.05, 0.1) is 6.07 Å². The number of nitriles is 1. The Morgan fingerprint density at radius 2 is 2.05 bits per heavy atom. The van der Waals surface area contributed by atoms with E-state index in [1.54, 1.807) is 11.9 Å². The largest absolute Gasteiger partial charge is 0.327 e. The van der Waals surface area contributed by atoms with E-state index in [4.69, 9.17) is 0 Å². The highest BCUT2D eigenvalue weighted by molar-refractivity contribution is 5.77. The molecule has 100 valence electrons. The van der Waals surface area contributed by atoms with Crippen molar-refractivity contribution in [3.8, 4) is 6.07 Å². The summed E-state index contributed by atoms with van der Waals surface area (Å²) in [5.41, 5.74) is 0.751. The maximum absolute atomic E-state index is 12.1. The molecule has 0 atom stereocenters. The van der Waals surface area contributed by atoms with Crippen LogP contribution in [0, 0.1) is 11.3 Å². The second-order valence-electron chi connectivity index (χ2n) is 5.29. The lowest BCUT2D eigenvalue weighted by Gasteiger charge is -2.43. The maximum atomic E-state index is 12.1. The molecule has 0 aliphatic heterocycles. The molecule has 1 aliphatic rings. The van der Waals surface area contributed by atoms with Gasteiger partial charge in [0.15, 0.2) is 0 Å². The highest BCUT2D eigenvalue weighted by Crippen LogP contribution is 2.36. The highest BCUT2D eigenvalue weighted by Gasteiger charge is 2.43. The van der Waals surface area contributed by atoms with Gasteiger partial charge < -0.3 is 4.90 Å². The molecular formula is C16H20N2O. The molecule has 1 aliphatic carbocycles. The summed E-state index contributed by atoms with van der Waals surface area (Å²) in [6.07, 6.45) is 4.98. The van der Waals surface area contributed by atoms with Crippen LogP contribution in [-0.2, 0) is 11.2 Å². The van der Waals surface area contributed by atoms with E-state index in [0.29, 0.717) is 6.42 Å². The maximum Gasteiger partial charge on any atom is 0.223 e. The Morgan fingerprint density at radius 1 is 1.37 bits per heavy atom. The van der Waals surface area contributed by atoms with Crippen molar-refractivity contribution >= 4 is 5.91 Å². The number of hydrogen-bond donors (Lipinski definition) is 0. The summed E-state index contributed by atoms with van der Waals surface area (Å²) in [5.74, 6) is 0.0946. The molecular weight excluding hydrogens is 236 g/mol. The molecule has 0 saturated heterocycles. The molecule has 0 radical (unpaired) electrons. The number of aryl methyl sites for hydroxylation is 1. The fourth-order valence-electron chi connectivity index (χ4n) is 2.53. The third-order valence-corrected chi connectivity index (χ3v) is 4.10. The van der Waals surface area contributed by atoms with Gasteiger partial charge in [-0.15, -0.1) is 0 Å². The van der Waals surface area contributed by atoms with Crippen LogP contribution in [0.1, 0.15) is 37.7 Å². The quantitative estimate of drug-likeness (QED) is 0.813. The molecule has 0 heterocycles. The van der Waals surface area contributed by atoms with Crippen LogP contribution in [-0.4, -0.2) is 23.4 Å². The van der Waals surface area contributed by atoms with Gasteiger partial charge in [0.25, 0.3) is 0 Å². The van der Waals surface area contributed by atoms with E-state index in [1.165, 1.54) is 5.56 Å². The number of rotatable bonds is 5. The molecule has 19 heavy (non-hydrogen) atoms. The second-order valence-corrected chi connectivity index (χ2v) is 5.29. The van der Waals surface area contributed by atoms with Crippen LogP contribution in [0.4, 0.5) is 0 Å². The van der Waals surface area contributed by atoms with Gasteiger partial charge in [0.2, 0.25) is 5.91 Å². The van der Waals surface area contributed by atoms with Gasteiger partial charge in [-0.1, -0.05) is 30.3 Å². The molecule has 3 heteroatoms. The predicted molar refractivity (Wildman–Crippen MR) is 74.3 cm³/mol. The SMILES string of the molecule is CN(C(=O)CCCc1ccccc1)C1(C#N)CCC1. The average molecular weight is 256 g/mol. The van der Waals surface area contributed by atoms with Gasteiger partial charge in [-0.25, -0.2) is 0 Å². The zero-order chi connectivity index (χ0) is 13.7. The van der Waals surface area contributed by atoms with Crippen molar-refractivity contribution in [2.24, 2.45) is 0 Å².